The van der Waals surface area contributed by atoms with Crippen LogP contribution in [0.3, 0.4) is 0 Å². The molecule has 0 aliphatic carbocycles. The maximum atomic E-state index is 12.0. The van der Waals surface area contributed by atoms with Crippen molar-refractivity contribution in [1.82, 2.24) is 10.3 Å². The SMILES string of the molecule is CCC(C)(C)CNC(=O)c1cc(Cl)nc(NC)c1. The van der Waals surface area contributed by atoms with Gasteiger partial charge in [0, 0.05) is 19.2 Å². The molecule has 0 saturated carbocycles. The van der Waals surface area contributed by atoms with Crippen LogP contribution in [-0.2, 0) is 0 Å². The summed E-state index contributed by atoms with van der Waals surface area (Å²) >= 11 is 5.86. The van der Waals surface area contributed by atoms with Crippen molar-refractivity contribution in [3.05, 3.63) is 22.8 Å². The van der Waals surface area contributed by atoms with Gasteiger partial charge in [0.15, 0.2) is 0 Å². The minimum atomic E-state index is -0.127. The van der Waals surface area contributed by atoms with E-state index in [1.165, 1.54) is 0 Å². The minimum Gasteiger partial charge on any atom is -0.373 e. The van der Waals surface area contributed by atoms with Gasteiger partial charge in [-0.2, -0.15) is 0 Å². The molecule has 18 heavy (non-hydrogen) atoms. The number of rotatable bonds is 5. The Morgan fingerprint density at radius 1 is 1.44 bits per heavy atom. The Labute approximate surface area is 113 Å². The lowest BCUT2D eigenvalue weighted by Gasteiger charge is -2.22. The third-order valence-corrected chi connectivity index (χ3v) is 3.19. The molecule has 2 N–H and O–H groups in total. The normalized spacial score (nSPS) is 11.2. The Hall–Kier alpha value is -1.29. The van der Waals surface area contributed by atoms with Crippen LogP contribution in [0.4, 0.5) is 5.82 Å². The number of nitrogens with one attached hydrogen (secondary N) is 2. The fourth-order valence-corrected chi connectivity index (χ4v) is 1.51. The summed E-state index contributed by atoms with van der Waals surface area (Å²) in [6.45, 7) is 6.98. The number of aromatic nitrogens is 1. The Morgan fingerprint density at radius 2 is 2.11 bits per heavy atom. The quantitative estimate of drug-likeness (QED) is 0.808. The molecule has 1 rings (SSSR count). The molecule has 0 bridgehead atoms. The van der Waals surface area contributed by atoms with Crippen LogP contribution in [0.1, 0.15) is 37.6 Å². The maximum Gasteiger partial charge on any atom is 0.251 e. The van der Waals surface area contributed by atoms with Gasteiger partial charge in [0.1, 0.15) is 11.0 Å². The van der Waals surface area contributed by atoms with Gasteiger partial charge in [-0.25, -0.2) is 4.98 Å². The van der Waals surface area contributed by atoms with Crippen LogP contribution >= 0.6 is 11.6 Å². The maximum absolute atomic E-state index is 12.0. The van der Waals surface area contributed by atoms with Gasteiger partial charge in [-0.1, -0.05) is 32.4 Å². The van der Waals surface area contributed by atoms with Crippen LogP contribution < -0.4 is 10.6 Å². The fraction of sp³-hybridized carbons (Fsp3) is 0.538. The average molecular weight is 270 g/mol. The van der Waals surface area contributed by atoms with Crippen molar-refractivity contribution in [2.75, 3.05) is 18.9 Å². The number of amides is 1. The first kappa shape index (κ1) is 14.8. The highest BCUT2D eigenvalue weighted by Gasteiger charge is 2.17. The predicted molar refractivity (Wildman–Crippen MR) is 75.2 cm³/mol. The molecule has 0 saturated heterocycles. The summed E-state index contributed by atoms with van der Waals surface area (Å²) in [7, 11) is 1.74. The Morgan fingerprint density at radius 3 is 2.67 bits per heavy atom. The number of carbonyl (C=O) groups is 1. The molecule has 100 valence electrons. The summed E-state index contributed by atoms with van der Waals surface area (Å²) < 4.78 is 0. The molecule has 5 heteroatoms. The number of carbonyl (C=O) groups excluding carboxylic acids is 1. The fourth-order valence-electron chi connectivity index (χ4n) is 1.30. The van der Waals surface area contributed by atoms with E-state index in [4.69, 9.17) is 11.6 Å². The number of pyridine rings is 1. The van der Waals surface area contributed by atoms with E-state index >= 15 is 0 Å². The van der Waals surface area contributed by atoms with E-state index < -0.39 is 0 Å². The zero-order valence-electron chi connectivity index (χ0n) is 11.3. The Balaban J connectivity index is 2.75. The lowest BCUT2D eigenvalue weighted by atomic mass is 9.90. The second kappa shape index (κ2) is 6.05. The molecule has 4 nitrogen and oxygen atoms in total. The number of nitrogens with zero attached hydrogens (tertiary/aromatic N) is 1. The highest BCUT2D eigenvalue weighted by molar-refractivity contribution is 6.29. The third kappa shape index (κ3) is 4.18. The lowest BCUT2D eigenvalue weighted by molar-refractivity contribution is 0.0935. The minimum absolute atomic E-state index is 0.0956. The Kier molecular flexibility index (Phi) is 4.96. The van der Waals surface area contributed by atoms with Crippen molar-refractivity contribution < 1.29 is 4.79 Å². The van der Waals surface area contributed by atoms with Gasteiger partial charge >= 0.3 is 0 Å². The zero-order chi connectivity index (χ0) is 13.8. The summed E-state index contributed by atoms with van der Waals surface area (Å²) in [6, 6.07) is 3.25. The van der Waals surface area contributed by atoms with E-state index in [9.17, 15) is 4.79 Å². The van der Waals surface area contributed by atoms with Crippen LogP contribution in [0.15, 0.2) is 12.1 Å². The largest absolute Gasteiger partial charge is 0.373 e. The van der Waals surface area contributed by atoms with E-state index in [0.29, 0.717) is 23.1 Å². The van der Waals surface area contributed by atoms with Gasteiger partial charge in [-0.15, -0.1) is 0 Å². The topological polar surface area (TPSA) is 54.0 Å². The summed E-state index contributed by atoms with van der Waals surface area (Å²) in [5.41, 5.74) is 0.615. The molecule has 1 heterocycles. The molecule has 0 fully saturated rings. The molecule has 0 atom stereocenters. The van der Waals surface area contributed by atoms with Gasteiger partial charge in [0.05, 0.1) is 0 Å². The molecular formula is C13H20ClN3O. The standard InChI is InChI=1S/C13H20ClN3O/c1-5-13(2,3)8-16-12(18)9-6-10(14)17-11(7-9)15-4/h6-7H,5,8H2,1-4H3,(H,15,17)(H,16,18). The van der Waals surface area contributed by atoms with E-state index in [1.54, 1.807) is 19.2 Å². The van der Waals surface area contributed by atoms with Crippen molar-refractivity contribution >= 4 is 23.3 Å². The summed E-state index contributed by atoms with van der Waals surface area (Å²) in [4.78, 5) is 16.0. The first-order valence-corrected chi connectivity index (χ1v) is 6.39. The molecule has 1 aromatic heterocycles. The van der Waals surface area contributed by atoms with Crippen LogP contribution in [-0.4, -0.2) is 24.5 Å². The monoisotopic (exact) mass is 269 g/mol. The summed E-state index contributed by atoms with van der Waals surface area (Å²) in [6.07, 6.45) is 1.01. The number of hydrogen-bond donors (Lipinski definition) is 2. The molecule has 0 unspecified atom stereocenters. The van der Waals surface area contributed by atoms with Crippen LogP contribution in [0.25, 0.3) is 0 Å². The third-order valence-electron chi connectivity index (χ3n) is 3.00. The summed E-state index contributed by atoms with van der Waals surface area (Å²) in [5, 5.41) is 6.09. The van der Waals surface area contributed by atoms with E-state index in [0.717, 1.165) is 6.42 Å². The molecular weight excluding hydrogens is 250 g/mol. The smallest absolute Gasteiger partial charge is 0.251 e. The van der Waals surface area contributed by atoms with E-state index in [2.05, 4.69) is 36.4 Å². The Bertz CT molecular complexity index is 432. The first-order valence-electron chi connectivity index (χ1n) is 6.01. The van der Waals surface area contributed by atoms with Gasteiger partial charge in [0.2, 0.25) is 0 Å². The number of hydrogen-bond acceptors (Lipinski definition) is 3. The van der Waals surface area contributed by atoms with Crippen LogP contribution in [0.5, 0.6) is 0 Å². The van der Waals surface area contributed by atoms with Crippen molar-refractivity contribution in [2.24, 2.45) is 5.41 Å². The number of anilines is 1. The average Bonchev–Trinajstić information content (AvgIpc) is 2.35. The van der Waals surface area contributed by atoms with Crippen LogP contribution in [0.2, 0.25) is 5.15 Å². The first-order chi connectivity index (χ1) is 8.38. The lowest BCUT2D eigenvalue weighted by Crippen LogP contribution is -2.33. The van der Waals surface area contributed by atoms with Gasteiger partial charge < -0.3 is 10.6 Å². The van der Waals surface area contributed by atoms with Crippen molar-refractivity contribution in [2.45, 2.75) is 27.2 Å². The van der Waals surface area contributed by atoms with Gasteiger partial charge in [-0.3, -0.25) is 4.79 Å². The van der Waals surface area contributed by atoms with E-state index in [-0.39, 0.29) is 11.3 Å². The molecule has 0 radical (unpaired) electrons. The summed E-state index contributed by atoms with van der Waals surface area (Å²) in [5.74, 6) is 0.458. The molecule has 0 aliphatic heterocycles. The number of halogens is 1. The second-order valence-electron chi connectivity index (χ2n) is 5.01. The van der Waals surface area contributed by atoms with Crippen LogP contribution in [0, 0.1) is 5.41 Å². The predicted octanol–water partition coefficient (Wildman–Crippen LogP) is 2.94. The van der Waals surface area contributed by atoms with Gasteiger partial charge in [0.25, 0.3) is 5.91 Å². The van der Waals surface area contributed by atoms with Crippen molar-refractivity contribution in [3.8, 4) is 0 Å². The molecule has 0 aromatic carbocycles. The second-order valence-corrected chi connectivity index (χ2v) is 5.40. The van der Waals surface area contributed by atoms with E-state index in [1.807, 2.05) is 0 Å². The van der Waals surface area contributed by atoms with Gasteiger partial charge in [-0.05, 0) is 24.0 Å². The zero-order valence-corrected chi connectivity index (χ0v) is 12.1. The molecule has 1 amide bonds. The molecule has 0 spiro atoms. The van der Waals surface area contributed by atoms with Crippen molar-refractivity contribution in [1.29, 1.82) is 0 Å². The highest BCUT2D eigenvalue weighted by atomic mass is 35.5. The molecule has 0 aliphatic rings. The highest BCUT2D eigenvalue weighted by Crippen LogP contribution is 2.18. The van der Waals surface area contributed by atoms with Crippen molar-refractivity contribution in [3.63, 3.8) is 0 Å². The molecule has 1 aromatic rings.